The average Bonchev–Trinajstić information content (AvgIpc) is 3.24. The molecule has 1 amide bonds. The molecular formula is C32H35NO4. The van der Waals surface area contributed by atoms with Crippen LogP contribution in [-0.2, 0) is 25.5 Å². The molecule has 3 aromatic rings. The van der Waals surface area contributed by atoms with Crippen molar-refractivity contribution in [2.24, 2.45) is 0 Å². The van der Waals surface area contributed by atoms with Crippen LogP contribution in [0.25, 0.3) is 11.1 Å². The number of benzene rings is 3. The second-order valence-corrected chi connectivity index (χ2v) is 9.60. The third-order valence-corrected chi connectivity index (χ3v) is 6.90. The van der Waals surface area contributed by atoms with Crippen molar-refractivity contribution in [1.82, 2.24) is 4.90 Å². The van der Waals surface area contributed by atoms with E-state index in [0.717, 1.165) is 12.0 Å². The van der Waals surface area contributed by atoms with Crippen LogP contribution in [0.5, 0.6) is 0 Å². The van der Waals surface area contributed by atoms with Gasteiger partial charge in [0.15, 0.2) is 5.78 Å². The number of hydrogen-bond donors (Lipinski definition) is 0. The van der Waals surface area contributed by atoms with Gasteiger partial charge in [0, 0.05) is 31.7 Å². The van der Waals surface area contributed by atoms with Gasteiger partial charge in [-0.25, -0.2) is 0 Å². The van der Waals surface area contributed by atoms with E-state index < -0.39 is 0 Å². The molecule has 1 aliphatic carbocycles. The van der Waals surface area contributed by atoms with Crippen molar-refractivity contribution in [1.29, 1.82) is 0 Å². The number of esters is 1. The van der Waals surface area contributed by atoms with E-state index >= 15 is 0 Å². The first-order chi connectivity index (χ1) is 18.1. The maximum Gasteiger partial charge on any atom is 0.305 e. The number of ether oxygens (including phenoxy) is 1. The number of fused-ring (bicyclic) bond motifs is 3. The van der Waals surface area contributed by atoms with Crippen LogP contribution in [0.1, 0.15) is 61.6 Å². The third-order valence-electron chi connectivity index (χ3n) is 6.90. The monoisotopic (exact) mass is 497 g/mol. The lowest BCUT2D eigenvalue weighted by Crippen LogP contribution is -2.36. The molecule has 0 aromatic heterocycles. The summed E-state index contributed by atoms with van der Waals surface area (Å²) < 4.78 is 5.70. The Morgan fingerprint density at radius 3 is 2.05 bits per heavy atom. The smallest absolute Gasteiger partial charge is 0.305 e. The molecular weight excluding hydrogens is 462 g/mol. The quantitative estimate of drug-likeness (QED) is 0.274. The Kier molecular flexibility index (Phi) is 9.25. The third kappa shape index (κ3) is 6.94. The number of carbonyl (C=O) groups excluding carboxylic acids is 3. The lowest BCUT2D eigenvalue weighted by Gasteiger charge is -2.22. The highest BCUT2D eigenvalue weighted by atomic mass is 16.5. The summed E-state index contributed by atoms with van der Waals surface area (Å²) in [5.74, 6) is -0.255. The topological polar surface area (TPSA) is 63.7 Å². The molecule has 0 N–H and O–H groups in total. The van der Waals surface area contributed by atoms with Gasteiger partial charge in [0.2, 0.25) is 5.91 Å². The minimum Gasteiger partial charge on any atom is -0.465 e. The second kappa shape index (κ2) is 13.0. The van der Waals surface area contributed by atoms with Crippen LogP contribution in [0.4, 0.5) is 0 Å². The van der Waals surface area contributed by atoms with E-state index in [1.54, 1.807) is 4.90 Å². The molecule has 0 bridgehead atoms. The molecule has 0 atom stereocenters. The summed E-state index contributed by atoms with van der Waals surface area (Å²) in [5, 5.41) is 0. The van der Waals surface area contributed by atoms with Crippen molar-refractivity contribution in [2.75, 3.05) is 19.7 Å². The summed E-state index contributed by atoms with van der Waals surface area (Å²) in [6, 6.07) is 26.4. The molecule has 3 aromatic carbocycles. The molecule has 37 heavy (non-hydrogen) atoms. The Hall–Kier alpha value is -3.73. The first-order valence-corrected chi connectivity index (χ1v) is 13.2. The molecule has 4 rings (SSSR count). The molecule has 0 saturated carbocycles. The molecule has 0 saturated heterocycles. The van der Waals surface area contributed by atoms with Crippen molar-refractivity contribution in [3.05, 3.63) is 95.6 Å². The Balaban J connectivity index is 1.29. The summed E-state index contributed by atoms with van der Waals surface area (Å²) in [4.78, 5) is 39.4. The second-order valence-electron chi connectivity index (χ2n) is 9.60. The Morgan fingerprint density at radius 2 is 1.41 bits per heavy atom. The number of Topliss-reactive ketones (excluding diaryl/α,β-unsaturated/α-hetero) is 1. The zero-order valence-electron chi connectivity index (χ0n) is 21.5. The number of rotatable bonds is 13. The van der Waals surface area contributed by atoms with E-state index in [1.165, 1.54) is 22.3 Å². The predicted molar refractivity (Wildman–Crippen MR) is 145 cm³/mol. The van der Waals surface area contributed by atoms with Crippen molar-refractivity contribution >= 4 is 17.7 Å². The van der Waals surface area contributed by atoms with Crippen LogP contribution in [0, 0.1) is 0 Å². The summed E-state index contributed by atoms with van der Waals surface area (Å²) in [7, 11) is 0. The first-order valence-electron chi connectivity index (χ1n) is 13.2. The molecule has 0 unspecified atom stereocenters. The predicted octanol–water partition coefficient (Wildman–Crippen LogP) is 5.95. The molecule has 0 spiro atoms. The highest BCUT2D eigenvalue weighted by Crippen LogP contribution is 2.44. The number of nitrogens with zero attached hydrogens (tertiary/aromatic N) is 1. The lowest BCUT2D eigenvalue weighted by atomic mass is 9.98. The van der Waals surface area contributed by atoms with Crippen molar-refractivity contribution in [2.45, 2.75) is 51.4 Å². The standard InChI is InChI=1S/C32H35NO4/c1-2-11-25(34)22-33(31(35)20-19-24-12-4-3-5-13-24)21-10-18-32(36)37-23-30-28-16-8-6-14-26(28)27-15-7-9-17-29(27)30/h3-9,12-17,30H,2,10-11,18-23H2,1H3. The maximum atomic E-state index is 12.9. The zero-order valence-corrected chi connectivity index (χ0v) is 21.5. The Morgan fingerprint density at radius 1 is 0.784 bits per heavy atom. The van der Waals surface area contributed by atoms with Gasteiger partial charge >= 0.3 is 5.97 Å². The Bertz CT molecular complexity index is 1170. The maximum absolute atomic E-state index is 12.9. The normalized spacial score (nSPS) is 12.0. The Labute approximate surface area is 219 Å². The number of ketones is 1. The fraction of sp³-hybridized carbons (Fsp3) is 0.344. The van der Waals surface area contributed by atoms with E-state index in [4.69, 9.17) is 4.74 Å². The highest BCUT2D eigenvalue weighted by Gasteiger charge is 2.29. The van der Waals surface area contributed by atoms with E-state index in [-0.39, 0.29) is 36.5 Å². The number of amides is 1. The van der Waals surface area contributed by atoms with Gasteiger partial charge in [0.05, 0.1) is 6.54 Å². The van der Waals surface area contributed by atoms with Gasteiger partial charge in [-0.3, -0.25) is 14.4 Å². The van der Waals surface area contributed by atoms with Gasteiger partial charge in [-0.05, 0) is 47.1 Å². The van der Waals surface area contributed by atoms with Crippen LogP contribution >= 0.6 is 0 Å². The minimum absolute atomic E-state index is 0.0269. The zero-order chi connectivity index (χ0) is 26.0. The van der Waals surface area contributed by atoms with Gasteiger partial charge in [-0.1, -0.05) is 85.8 Å². The highest BCUT2D eigenvalue weighted by molar-refractivity contribution is 5.86. The largest absolute Gasteiger partial charge is 0.465 e. The molecule has 0 fully saturated rings. The van der Waals surface area contributed by atoms with Crippen LogP contribution in [0.15, 0.2) is 78.9 Å². The first kappa shape index (κ1) is 26.3. The summed E-state index contributed by atoms with van der Waals surface area (Å²) in [6.45, 7) is 2.72. The fourth-order valence-corrected chi connectivity index (χ4v) is 5.02. The summed E-state index contributed by atoms with van der Waals surface area (Å²) >= 11 is 0. The minimum atomic E-state index is -0.279. The average molecular weight is 498 g/mol. The lowest BCUT2D eigenvalue weighted by molar-refractivity contribution is -0.144. The molecule has 0 aliphatic heterocycles. The van der Waals surface area contributed by atoms with Crippen LogP contribution < -0.4 is 0 Å². The summed E-state index contributed by atoms with van der Waals surface area (Å²) in [6.07, 6.45) is 2.85. The molecule has 1 aliphatic rings. The fourth-order valence-electron chi connectivity index (χ4n) is 5.02. The summed E-state index contributed by atoms with van der Waals surface area (Å²) in [5.41, 5.74) is 5.85. The number of hydrogen-bond acceptors (Lipinski definition) is 4. The molecule has 5 heteroatoms. The van der Waals surface area contributed by atoms with E-state index in [1.807, 2.05) is 61.5 Å². The van der Waals surface area contributed by atoms with Crippen LogP contribution in [0.3, 0.4) is 0 Å². The van der Waals surface area contributed by atoms with E-state index in [9.17, 15) is 14.4 Å². The molecule has 0 heterocycles. The molecule has 192 valence electrons. The van der Waals surface area contributed by atoms with Crippen LogP contribution in [0.2, 0.25) is 0 Å². The van der Waals surface area contributed by atoms with Gasteiger partial charge in [-0.15, -0.1) is 0 Å². The van der Waals surface area contributed by atoms with Crippen molar-refractivity contribution < 1.29 is 19.1 Å². The van der Waals surface area contributed by atoms with Gasteiger partial charge < -0.3 is 9.64 Å². The number of aryl methyl sites for hydroxylation is 1. The molecule has 0 radical (unpaired) electrons. The van der Waals surface area contributed by atoms with Crippen LogP contribution in [-0.4, -0.2) is 42.3 Å². The van der Waals surface area contributed by atoms with E-state index in [0.29, 0.717) is 38.8 Å². The van der Waals surface area contributed by atoms with E-state index in [2.05, 4.69) is 24.3 Å². The van der Waals surface area contributed by atoms with Gasteiger partial charge in [0.1, 0.15) is 6.61 Å². The van der Waals surface area contributed by atoms with Crippen molar-refractivity contribution in [3.63, 3.8) is 0 Å². The van der Waals surface area contributed by atoms with Gasteiger partial charge in [0.25, 0.3) is 0 Å². The SMILES string of the molecule is CCCC(=O)CN(CCCC(=O)OCC1c2ccccc2-c2ccccc21)C(=O)CCc1ccccc1. The van der Waals surface area contributed by atoms with Crippen molar-refractivity contribution in [3.8, 4) is 11.1 Å². The number of carbonyl (C=O) groups is 3. The van der Waals surface area contributed by atoms with Gasteiger partial charge in [-0.2, -0.15) is 0 Å². The molecule has 5 nitrogen and oxygen atoms in total.